The fraction of sp³-hybridized carbons (Fsp3) is 0.409. The number of benzene rings is 2. The van der Waals surface area contributed by atoms with Crippen LogP contribution in [0.2, 0.25) is 0 Å². The van der Waals surface area contributed by atoms with Gasteiger partial charge in [0, 0.05) is 45.8 Å². The Bertz CT molecular complexity index is 1250. The van der Waals surface area contributed by atoms with Crippen molar-refractivity contribution in [2.75, 3.05) is 40.3 Å². The van der Waals surface area contributed by atoms with Gasteiger partial charge in [-0.25, -0.2) is 21.1 Å². The molecule has 2 aromatic carbocycles. The zero-order chi connectivity index (χ0) is 23.1. The molecular formula is C22H27N3O5S2. The number of piperazine rings is 1. The number of carbonyl (C=O) groups excluding carboxylic acids is 1. The molecule has 1 aliphatic heterocycles. The molecule has 172 valence electrons. The summed E-state index contributed by atoms with van der Waals surface area (Å²) in [6, 6.07) is 11.3. The van der Waals surface area contributed by atoms with Gasteiger partial charge < -0.3 is 4.90 Å². The smallest absolute Gasteiger partial charge is 0.253 e. The lowest BCUT2D eigenvalue weighted by atomic mass is 10.1. The van der Waals surface area contributed by atoms with E-state index in [2.05, 4.69) is 0 Å². The van der Waals surface area contributed by atoms with Crippen LogP contribution in [0.4, 0.5) is 0 Å². The van der Waals surface area contributed by atoms with E-state index in [0.29, 0.717) is 4.90 Å². The fourth-order valence-electron chi connectivity index (χ4n) is 4.17. The van der Waals surface area contributed by atoms with Crippen molar-refractivity contribution in [1.29, 1.82) is 0 Å². The van der Waals surface area contributed by atoms with Gasteiger partial charge in [0.1, 0.15) is 0 Å². The van der Waals surface area contributed by atoms with E-state index < -0.39 is 20.0 Å². The van der Waals surface area contributed by atoms with Crippen LogP contribution in [0.1, 0.15) is 27.9 Å². The maximum absolute atomic E-state index is 13.1. The molecule has 4 rings (SSSR count). The number of carbonyl (C=O) groups is 1. The van der Waals surface area contributed by atoms with Crippen LogP contribution in [-0.2, 0) is 32.9 Å². The van der Waals surface area contributed by atoms with Crippen molar-refractivity contribution in [1.82, 2.24) is 13.5 Å². The summed E-state index contributed by atoms with van der Waals surface area (Å²) in [5.74, 6) is -0.310. The molecule has 32 heavy (non-hydrogen) atoms. The summed E-state index contributed by atoms with van der Waals surface area (Å²) < 4.78 is 53.5. The molecule has 1 fully saturated rings. The molecule has 2 aromatic rings. The van der Waals surface area contributed by atoms with Gasteiger partial charge in [-0.05, 0) is 60.7 Å². The van der Waals surface area contributed by atoms with Gasteiger partial charge in [0.25, 0.3) is 5.91 Å². The minimum atomic E-state index is -3.65. The summed E-state index contributed by atoms with van der Waals surface area (Å²) in [5, 5.41) is 0. The molecule has 10 heteroatoms. The SMILES string of the molecule is CN(C)S(=O)(=O)c1cccc(C(=O)N2CCN(S(=O)(=O)c3ccc4c(c3)CCC4)CC2)c1. The molecule has 1 heterocycles. The van der Waals surface area contributed by atoms with Crippen LogP contribution >= 0.6 is 0 Å². The minimum Gasteiger partial charge on any atom is -0.336 e. The summed E-state index contributed by atoms with van der Waals surface area (Å²) in [4.78, 5) is 14.9. The van der Waals surface area contributed by atoms with Crippen LogP contribution in [0.15, 0.2) is 52.3 Å². The zero-order valence-corrected chi connectivity index (χ0v) is 19.8. The predicted molar refractivity (Wildman–Crippen MR) is 120 cm³/mol. The van der Waals surface area contributed by atoms with Gasteiger partial charge in [-0.3, -0.25) is 4.79 Å². The number of fused-ring (bicyclic) bond motifs is 1. The standard InChI is InChI=1S/C22H27N3O5S2/c1-23(2)31(27,28)20-8-4-7-19(16-20)22(26)24-11-13-25(14-12-24)32(29,30)21-10-9-17-5-3-6-18(17)15-21/h4,7-10,15-16H,3,5-6,11-14H2,1-2H3. The maximum Gasteiger partial charge on any atom is 0.253 e. The lowest BCUT2D eigenvalue weighted by Crippen LogP contribution is -2.50. The summed E-state index contributed by atoms with van der Waals surface area (Å²) in [7, 11) is -4.40. The largest absolute Gasteiger partial charge is 0.336 e. The van der Waals surface area contributed by atoms with Crippen molar-refractivity contribution in [3.63, 3.8) is 0 Å². The van der Waals surface area contributed by atoms with Gasteiger partial charge in [-0.2, -0.15) is 4.31 Å². The highest BCUT2D eigenvalue weighted by Gasteiger charge is 2.31. The lowest BCUT2D eigenvalue weighted by Gasteiger charge is -2.34. The van der Waals surface area contributed by atoms with E-state index in [1.54, 1.807) is 23.1 Å². The molecule has 0 saturated carbocycles. The summed E-state index contributed by atoms with van der Waals surface area (Å²) >= 11 is 0. The molecule has 0 bridgehead atoms. The Labute approximate surface area is 189 Å². The van der Waals surface area contributed by atoms with Gasteiger partial charge in [0.15, 0.2) is 0 Å². The topological polar surface area (TPSA) is 95.1 Å². The molecule has 0 aromatic heterocycles. The number of sulfonamides is 2. The normalized spacial score (nSPS) is 17.5. The Morgan fingerprint density at radius 1 is 0.844 bits per heavy atom. The summed E-state index contributed by atoms with van der Waals surface area (Å²) in [5.41, 5.74) is 2.59. The van der Waals surface area contributed by atoms with Crippen molar-refractivity contribution in [2.24, 2.45) is 0 Å². The Kier molecular flexibility index (Phi) is 6.15. The Balaban J connectivity index is 1.46. The maximum atomic E-state index is 13.1. The quantitative estimate of drug-likeness (QED) is 0.652. The van der Waals surface area contributed by atoms with Crippen LogP contribution in [0.25, 0.3) is 0 Å². The molecule has 1 saturated heterocycles. The van der Waals surface area contributed by atoms with Crippen LogP contribution in [0.3, 0.4) is 0 Å². The lowest BCUT2D eigenvalue weighted by molar-refractivity contribution is 0.0697. The average Bonchev–Trinajstić information content (AvgIpc) is 3.26. The number of aryl methyl sites for hydroxylation is 2. The molecule has 0 atom stereocenters. The van der Waals surface area contributed by atoms with Crippen molar-refractivity contribution in [3.8, 4) is 0 Å². The van der Waals surface area contributed by atoms with Gasteiger partial charge in [-0.15, -0.1) is 0 Å². The second kappa shape index (κ2) is 8.58. The van der Waals surface area contributed by atoms with Crippen molar-refractivity contribution >= 4 is 26.0 Å². The third kappa shape index (κ3) is 4.19. The molecule has 0 unspecified atom stereocenters. The molecule has 0 spiro atoms. The third-order valence-corrected chi connectivity index (χ3v) is 9.80. The molecule has 8 nitrogen and oxygen atoms in total. The first-order chi connectivity index (χ1) is 15.1. The minimum absolute atomic E-state index is 0.0474. The number of amides is 1. The zero-order valence-electron chi connectivity index (χ0n) is 18.2. The molecule has 0 radical (unpaired) electrons. The van der Waals surface area contributed by atoms with Crippen LogP contribution in [-0.4, -0.2) is 76.5 Å². The molecule has 2 aliphatic rings. The van der Waals surface area contributed by atoms with E-state index in [0.717, 1.165) is 29.1 Å². The highest BCUT2D eigenvalue weighted by Crippen LogP contribution is 2.27. The molecule has 0 N–H and O–H groups in total. The fourth-order valence-corrected chi connectivity index (χ4v) is 6.59. The second-order valence-electron chi connectivity index (χ2n) is 8.30. The Hall–Kier alpha value is -2.27. The summed E-state index contributed by atoms with van der Waals surface area (Å²) in [6.07, 6.45) is 2.95. The monoisotopic (exact) mass is 477 g/mol. The second-order valence-corrected chi connectivity index (χ2v) is 12.4. The van der Waals surface area contributed by atoms with Crippen molar-refractivity contribution in [3.05, 3.63) is 59.2 Å². The van der Waals surface area contributed by atoms with Crippen LogP contribution in [0, 0.1) is 0 Å². The molecular weight excluding hydrogens is 450 g/mol. The number of nitrogens with zero attached hydrogens (tertiary/aromatic N) is 3. The van der Waals surface area contributed by atoms with Gasteiger partial charge >= 0.3 is 0 Å². The number of hydrogen-bond acceptors (Lipinski definition) is 5. The first-order valence-corrected chi connectivity index (χ1v) is 13.4. The van der Waals surface area contributed by atoms with E-state index >= 15 is 0 Å². The van der Waals surface area contributed by atoms with Gasteiger partial charge in [0.05, 0.1) is 9.79 Å². The number of rotatable bonds is 5. The van der Waals surface area contributed by atoms with Crippen molar-refractivity contribution < 1.29 is 21.6 Å². The van der Waals surface area contributed by atoms with E-state index in [4.69, 9.17) is 0 Å². The Morgan fingerprint density at radius 3 is 2.22 bits per heavy atom. The van der Waals surface area contributed by atoms with E-state index in [1.807, 2.05) is 6.07 Å². The highest BCUT2D eigenvalue weighted by atomic mass is 32.2. The summed E-state index contributed by atoms with van der Waals surface area (Å²) in [6.45, 7) is 0.878. The number of hydrogen-bond donors (Lipinski definition) is 0. The van der Waals surface area contributed by atoms with Gasteiger partial charge in [-0.1, -0.05) is 12.1 Å². The van der Waals surface area contributed by atoms with E-state index in [9.17, 15) is 21.6 Å². The first-order valence-electron chi connectivity index (χ1n) is 10.5. The third-order valence-electron chi connectivity index (χ3n) is 6.09. The molecule has 1 aliphatic carbocycles. The highest BCUT2D eigenvalue weighted by molar-refractivity contribution is 7.89. The van der Waals surface area contributed by atoms with Crippen LogP contribution in [0.5, 0.6) is 0 Å². The first kappa shape index (κ1) is 22.9. The van der Waals surface area contributed by atoms with Crippen molar-refractivity contribution in [2.45, 2.75) is 29.1 Å². The average molecular weight is 478 g/mol. The van der Waals surface area contributed by atoms with Gasteiger partial charge in [0.2, 0.25) is 20.0 Å². The molecule has 1 amide bonds. The predicted octanol–water partition coefficient (Wildman–Crippen LogP) is 1.57. The van der Waals surface area contributed by atoms with E-state index in [-0.39, 0.29) is 42.5 Å². The Morgan fingerprint density at radius 2 is 1.53 bits per heavy atom. The van der Waals surface area contributed by atoms with Crippen LogP contribution < -0.4 is 0 Å². The van der Waals surface area contributed by atoms with E-state index in [1.165, 1.54) is 42.2 Å².